The van der Waals surface area contributed by atoms with E-state index in [1.54, 1.807) is 0 Å². The first-order valence-corrected chi connectivity index (χ1v) is 3.43. The predicted octanol–water partition coefficient (Wildman–Crippen LogP) is -3.01. The normalized spacial score (nSPS) is 42.5. The SMILES string of the molecule is O=C1OC(CO)[C@@H](O)C(O)[C@H]1O. The largest absolute Gasteiger partial charge is 0.455 e. The molecule has 0 radical (unpaired) electrons. The van der Waals surface area contributed by atoms with Crippen LogP contribution in [-0.4, -0.2) is 57.4 Å². The van der Waals surface area contributed by atoms with Crippen LogP contribution in [-0.2, 0) is 9.53 Å². The monoisotopic (exact) mass is 178 g/mol. The molecule has 0 amide bonds. The zero-order chi connectivity index (χ0) is 9.30. The average molecular weight is 178 g/mol. The fraction of sp³-hybridized carbons (Fsp3) is 0.833. The third kappa shape index (κ3) is 1.42. The minimum absolute atomic E-state index is 0.587. The van der Waals surface area contributed by atoms with Gasteiger partial charge < -0.3 is 25.2 Å². The maximum atomic E-state index is 10.7. The van der Waals surface area contributed by atoms with Crippen LogP contribution in [0.15, 0.2) is 0 Å². The number of carbonyl (C=O) groups excluding carboxylic acids is 1. The molecule has 1 rings (SSSR count). The second-order valence-corrected chi connectivity index (χ2v) is 2.58. The van der Waals surface area contributed by atoms with Crippen LogP contribution in [0.2, 0.25) is 0 Å². The number of aliphatic hydroxyl groups excluding tert-OH is 4. The van der Waals surface area contributed by atoms with E-state index in [1.165, 1.54) is 0 Å². The number of aliphatic hydroxyl groups is 4. The van der Waals surface area contributed by atoms with Gasteiger partial charge in [-0.2, -0.15) is 0 Å². The van der Waals surface area contributed by atoms with Crippen LogP contribution < -0.4 is 0 Å². The number of hydrogen-bond acceptors (Lipinski definition) is 6. The maximum Gasteiger partial charge on any atom is 0.338 e. The minimum atomic E-state index is -1.73. The van der Waals surface area contributed by atoms with Crippen LogP contribution in [0.3, 0.4) is 0 Å². The van der Waals surface area contributed by atoms with E-state index in [2.05, 4.69) is 4.74 Å². The van der Waals surface area contributed by atoms with Crippen LogP contribution in [0.25, 0.3) is 0 Å². The van der Waals surface area contributed by atoms with Crippen molar-refractivity contribution in [3.63, 3.8) is 0 Å². The molecule has 0 aromatic rings. The molecular formula is C6H10O6. The van der Waals surface area contributed by atoms with Crippen molar-refractivity contribution in [1.29, 1.82) is 0 Å². The smallest absolute Gasteiger partial charge is 0.338 e. The van der Waals surface area contributed by atoms with Crippen molar-refractivity contribution in [2.75, 3.05) is 6.61 Å². The molecule has 1 saturated heterocycles. The first-order valence-electron chi connectivity index (χ1n) is 3.43. The van der Waals surface area contributed by atoms with Crippen molar-refractivity contribution in [1.82, 2.24) is 0 Å². The highest BCUT2D eigenvalue weighted by atomic mass is 16.6. The molecule has 70 valence electrons. The highest BCUT2D eigenvalue weighted by molar-refractivity contribution is 5.76. The molecule has 6 nitrogen and oxygen atoms in total. The second-order valence-electron chi connectivity index (χ2n) is 2.58. The number of ether oxygens (including phenoxy) is 1. The summed E-state index contributed by atoms with van der Waals surface area (Å²) in [5, 5.41) is 35.5. The molecule has 0 aromatic heterocycles. The van der Waals surface area contributed by atoms with Crippen LogP contribution in [0.1, 0.15) is 0 Å². The molecular weight excluding hydrogens is 168 g/mol. The number of rotatable bonds is 1. The van der Waals surface area contributed by atoms with Gasteiger partial charge in [-0.05, 0) is 0 Å². The zero-order valence-electron chi connectivity index (χ0n) is 6.12. The Morgan fingerprint density at radius 3 is 2.33 bits per heavy atom. The lowest BCUT2D eigenvalue weighted by Crippen LogP contribution is -2.56. The number of hydrogen-bond donors (Lipinski definition) is 4. The summed E-state index contributed by atoms with van der Waals surface area (Å²) in [6.45, 7) is -0.587. The van der Waals surface area contributed by atoms with Gasteiger partial charge in [0.05, 0.1) is 6.61 Å². The molecule has 2 unspecified atom stereocenters. The third-order valence-electron chi connectivity index (χ3n) is 1.74. The summed E-state index contributed by atoms with van der Waals surface area (Å²) in [6, 6.07) is 0. The molecule has 0 bridgehead atoms. The summed E-state index contributed by atoms with van der Waals surface area (Å²) >= 11 is 0. The third-order valence-corrected chi connectivity index (χ3v) is 1.74. The van der Waals surface area contributed by atoms with Crippen LogP contribution in [0.4, 0.5) is 0 Å². The van der Waals surface area contributed by atoms with E-state index in [0.29, 0.717) is 0 Å². The van der Waals surface area contributed by atoms with Crippen LogP contribution >= 0.6 is 0 Å². The van der Waals surface area contributed by atoms with Crippen molar-refractivity contribution in [3.05, 3.63) is 0 Å². The van der Waals surface area contributed by atoms with Gasteiger partial charge in [0.1, 0.15) is 12.2 Å². The summed E-state index contributed by atoms with van der Waals surface area (Å²) in [4.78, 5) is 10.7. The summed E-state index contributed by atoms with van der Waals surface area (Å²) in [5.74, 6) is -1.04. The number of esters is 1. The lowest BCUT2D eigenvalue weighted by molar-refractivity contribution is -0.206. The molecule has 0 aliphatic carbocycles. The van der Waals surface area contributed by atoms with E-state index < -0.39 is 37.0 Å². The topological polar surface area (TPSA) is 107 Å². The van der Waals surface area contributed by atoms with E-state index in [9.17, 15) is 4.79 Å². The molecule has 4 N–H and O–H groups in total. The summed E-state index contributed by atoms with van der Waals surface area (Å²) in [7, 11) is 0. The van der Waals surface area contributed by atoms with Gasteiger partial charge in [0.15, 0.2) is 12.2 Å². The Bertz CT molecular complexity index is 179. The van der Waals surface area contributed by atoms with Crippen LogP contribution in [0, 0.1) is 0 Å². The van der Waals surface area contributed by atoms with E-state index in [-0.39, 0.29) is 0 Å². The molecule has 0 spiro atoms. The Morgan fingerprint density at radius 1 is 1.25 bits per heavy atom. The Kier molecular flexibility index (Phi) is 2.63. The zero-order valence-corrected chi connectivity index (χ0v) is 6.12. The Labute approximate surface area is 68.0 Å². The van der Waals surface area contributed by atoms with E-state index in [0.717, 1.165) is 0 Å². The Morgan fingerprint density at radius 2 is 1.83 bits per heavy atom. The van der Waals surface area contributed by atoms with Gasteiger partial charge in [0.25, 0.3) is 0 Å². The molecule has 4 atom stereocenters. The van der Waals surface area contributed by atoms with Gasteiger partial charge in [-0.15, -0.1) is 0 Å². The Hall–Kier alpha value is -0.690. The van der Waals surface area contributed by atoms with Crippen molar-refractivity contribution in [2.45, 2.75) is 24.4 Å². The molecule has 12 heavy (non-hydrogen) atoms. The van der Waals surface area contributed by atoms with Gasteiger partial charge in [-0.3, -0.25) is 0 Å². The summed E-state index contributed by atoms with van der Waals surface area (Å²) in [5.41, 5.74) is 0. The van der Waals surface area contributed by atoms with E-state index in [1.807, 2.05) is 0 Å². The van der Waals surface area contributed by atoms with Gasteiger partial charge >= 0.3 is 5.97 Å². The molecule has 1 aliphatic heterocycles. The van der Waals surface area contributed by atoms with Gasteiger partial charge in [0.2, 0.25) is 0 Å². The second kappa shape index (κ2) is 3.36. The molecule has 6 heteroatoms. The fourth-order valence-corrected chi connectivity index (χ4v) is 0.980. The molecule has 0 saturated carbocycles. The first kappa shape index (κ1) is 9.40. The van der Waals surface area contributed by atoms with E-state index >= 15 is 0 Å². The molecule has 1 heterocycles. The molecule has 0 aromatic carbocycles. The maximum absolute atomic E-state index is 10.7. The highest BCUT2D eigenvalue weighted by Crippen LogP contribution is 2.15. The van der Waals surface area contributed by atoms with Crippen molar-refractivity contribution < 1.29 is 30.0 Å². The number of carbonyl (C=O) groups is 1. The quantitative estimate of drug-likeness (QED) is 0.318. The first-order chi connectivity index (χ1) is 5.57. The van der Waals surface area contributed by atoms with Crippen molar-refractivity contribution in [2.24, 2.45) is 0 Å². The predicted molar refractivity (Wildman–Crippen MR) is 35.0 cm³/mol. The standard InChI is InChI=1S/C6H10O6/c7-1-2-3(8)4(9)5(10)6(11)12-2/h2-5,7-10H,1H2/t2?,3-,4?,5-/m1/s1. The lowest BCUT2D eigenvalue weighted by Gasteiger charge is -2.32. The molecule has 1 aliphatic rings. The lowest BCUT2D eigenvalue weighted by atomic mass is 10.0. The Balaban J connectivity index is 2.70. The van der Waals surface area contributed by atoms with E-state index in [4.69, 9.17) is 20.4 Å². The van der Waals surface area contributed by atoms with Gasteiger partial charge in [-0.25, -0.2) is 4.79 Å². The summed E-state index contributed by atoms with van der Waals surface area (Å²) in [6.07, 6.45) is -5.93. The fourth-order valence-electron chi connectivity index (χ4n) is 0.980. The van der Waals surface area contributed by atoms with Gasteiger partial charge in [0, 0.05) is 0 Å². The van der Waals surface area contributed by atoms with Crippen LogP contribution in [0.5, 0.6) is 0 Å². The average Bonchev–Trinajstić information content (AvgIpc) is 2.08. The number of cyclic esters (lactones) is 1. The van der Waals surface area contributed by atoms with Crippen molar-refractivity contribution in [3.8, 4) is 0 Å². The summed E-state index contributed by atoms with van der Waals surface area (Å²) < 4.78 is 4.38. The highest BCUT2D eigenvalue weighted by Gasteiger charge is 2.43. The van der Waals surface area contributed by atoms with Gasteiger partial charge in [-0.1, -0.05) is 0 Å². The minimum Gasteiger partial charge on any atom is -0.455 e. The molecule has 1 fully saturated rings. The van der Waals surface area contributed by atoms with Crippen molar-refractivity contribution >= 4 is 5.97 Å².